The van der Waals surface area contributed by atoms with Crippen molar-refractivity contribution in [2.45, 2.75) is 13.0 Å². The number of morpholine rings is 1. The number of ether oxygens (including phenoxy) is 1. The molecule has 0 saturated carbocycles. The van der Waals surface area contributed by atoms with Gasteiger partial charge in [0, 0.05) is 18.3 Å². The number of rotatable bonds is 1. The molecule has 0 spiro atoms. The van der Waals surface area contributed by atoms with E-state index < -0.39 is 0 Å². The second-order valence-electron chi connectivity index (χ2n) is 3.93. The van der Waals surface area contributed by atoms with Crippen LogP contribution in [0.25, 0.3) is 0 Å². The van der Waals surface area contributed by atoms with Crippen molar-refractivity contribution in [3.63, 3.8) is 0 Å². The Morgan fingerprint density at radius 2 is 2.13 bits per heavy atom. The van der Waals surface area contributed by atoms with Gasteiger partial charge in [0.15, 0.2) is 0 Å². The van der Waals surface area contributed by atoms with Crippen LogP contribution in [0.1, 0.15) is 6.92 Å². The van der Waals surface area contributed by atoms with E-state index >= 15 is 0 Å². The normalized spacial score (nSPS) is 21.7. The molecule has 1 heterocycles. The topological polar surface area (TPSA) is 64.5 Å². The zero-order valence-electron chi connectivity index (χ0n) is 8.94. The zero-order chi connectivity index (χ0) is 10.8. The first-order valence-corrected chi connectivity index (χ1v) is 5.18. The van der Waals surface area contributed by atoms with Gasteiger partial charge in [-0.2, -0.15) is 0 Å². The summed E-state index contributed by atoms with van der Waals surface area (Å²) in [4.78, 5) is 2.29. The minimum absolute atomic E-state index is 0.391. The van der Waals surface area contributed by atoms with Crippen molar-refractivity contribution in [2.75, 3.05) is 36.1 Å². The molecule has 1 aromatic carbocycles. The Hall–Kier alpha value is -1.42. The maximum Gasteiger partial charge on any atom is 0.0668 e. The summed E-state index contributed by atoms with van der Waals surface area (Å²) < 4.78 is 5.39. The minimum atomic E-state index is 0.391. The first-order chi connectivity index (χ1) is 7.18. The molecule has 1 unspecified atom stereocenters. The highest BCUT2D eigenvalue weighted by molar-refractivity contribution is 5.70. The standard InChI is InChI=1S/C11H17N3O/c1-8-7-15-5-4-14(8)9-2-3-10(12)11(13)6-9/h2-3,6,8H,4-5,7,12-13H2,1H3. The van der Waals surface area contributed by atoms with Gasteiger partial charge < -0.3 is 21.1 Å². The molecule has 0 aliphatic carbocycles. The Morgan fingerprint density at radius 1 is 1.33 bits per heavy atom. The number of nitrogens with zero attached hydrogens (tertiary/aromatic N) is 1. The highest BCUT2D eigenvalue weighted by Gasteiger charge is 2.19. The minimum Gasteiger partial charge on any atom is -0.397 e. The lowest BCUT2D eigenvalue weighted by atomic mass is 10.2. The van der Waals surface area contributed by atoms with Crippen LogP contribution in [0.3, 0.4) is 0 Å². The van der Waals surface area contributed by atoms with Gasteiger partial charge in [-0.05, 0) is 25.1 Å². The average Bonchev–Trinajstić information content (AvgIpc) is 2.23. The van der Waals surface area contributed by atoms with E-state index in [-0.39, 0.29) is 0 Å². The smallest absolute Gasteiger partial charge is 0.0668 e. The Labute approximate surface area is 89.8 Å². The second kappa shape index (κ2) is 3.98. The maximum absolute atomic E-state index is 5.79. The average molecular weight is 207 g/mol. The quantitative estimate of drug-likeness (QED) is 0.676. The van der Waals surface area contributed by atoms with E-state index in [1.54, 1.807) is 0 Å². The van der Waals surface area contributed by atoms with Crippen LogP contribution in [0, 0.1) is 0 Å². The van der Waals surface area contributed by atoms with Crippen LogP contribution in [-0.4, -0.2) is 25.8 Å². The van der Waals surface area contributed by atoms with E-state index in [0.29, 0.717) is 17.4 Å². The predicted molar refractivity (Wildman–Crippen MR) is 62.9 cm³/mol. The van der Waals surface area contributed by atoms with Gasteiger partial charge in [0.05, 0.1) is 24.6 Å². The predicted octanol–water partition coefficient (Wildman–Crippen LogP) is 1.08. The van der Waals surface area contributed by atoms with Gasteiger partial charge in [-0.3, -0.25) is 0 Å². The summed E-state index contributed by atoms with van der Waals surface area (Å²) in [5.41, 5.74) is 13.9. The fraction of sp³-hybridized carbons (Fsp3) is 0.455. The summed E-state index contributed by atoms with van der Waals surface area (Å²) in [6, 6.07) is 6.18. The van der Waals surface area contributed by atoms with Crippen LogP contribution in [0.2, 0.25) is 0 Å². The third-order valence-corrected chi connectivity index (χ3v) is 2.77. The Kier molecular flexibility index (Phi) is 2.68. The number of nitrogens with two attached hydrogens (primary N) is 2. The molecule has 1 fully saturated rings. The number of hydrogen-bond acceptors (Lipinski definition) is 4. The summed E-state index contributed by atoms with van der Waals surface area (Å²) in [6.07, 6.45) is 0. The molecule has 4 heteroatoms. The van der Waals surface area contributed by atoms with Crippen molar-refractivity contribution < 1.29 is 4.74 Å². The maximum atomic E-state index is 5.79. The lowest BCUT2D eigenvalue weighted by molar-refractivity contribution is 0.0989. The molecule has 0 amide bonds. The fourth-order valence-corrected chi connectivity index (χ4v) is 1.85. The Morgan fingerprint density at radius 3 is 2.80 bits per heavy atom. The number of hydrogen-bond donors (Lipinski definition) is 2. The SMILES string of the molecule is CC1COCCN1c1ccc(N)c(N)c1. The molecular formula is C11H17N3O. The first-order valence-electron chi connectivity index (χ1n) is 5.18. The van der Waals surface area contributed by atoms with E-state index in [9.17, 15) is 0 Å². The van der Waals surface area contributed by atoms with Crippen molar-refractivity contribution in [1.29, 1.82) is 0 Å². The van der Waals surface area contributed by atoms with Gasteiger partial charge >= 0.3 is 0 Å². The van der Waals surface area contributed by atoms with E-state index in [1.165, 1.54) is 0 Å². The van der Waals surface area contributed by atoms with E-state index in [1.807, 2.05) is 18.2 Å². The van der Waals surface area contributed by atoms with Gasteiger partial charge in [-0.25, -0.2) is 0 Å². The lowest BCUT2D eigenvalue weighted by Gasteiger charge is -2.35. The van der Waals surface area contributed by atoms with Crippen LogP contribution in [0.4, 0.5) is 17.1 Å². The molecule has 1 aromatic rings. The third-order valence-electron chi connectivity index (χ3n) is 2.77. The number of benzene rings is 1. The summed E-state index contributed by atoms with van der Waals surface area (Å²) in [7, 11) is 0. The molecule has 1 aliphatic heterocycles. The molecule has 2 rings (SSSR count). The highest BCUT2D eigenvalue weighted by atomic mass is 16.5. The van der Waals surface area contributed by atoms with Crippen molar-refractivity contribution in [2.24, 2.45) is 0 Å². The van der Waals surface area contributed by atoms with Gasteiger partial charge in [-0.1, -0.05) is 0 Å². The number of nitrogen functional groups attached to an aromatic ring is 2. The van der Waals surface area contributed by atoms with E-state index in [0.717, 1.165) is 25.4 Å². The molecule has 1 saturated heterocycles. The van der Waals surface area contributed by atoms with Crippen molar-refractivity contribution >= 4 is 17.1 Å². The summed E-state index contributed by atoms with van der Waals surface area (Å²) in [6.45, 7) is 4.59. The molecule has 1 atom stereocenters. The molecule has 1 aliphatic rings. The van der Waals surface area contributed by atoms with E-state index in [4.69, 9.17) is 16.2 Å². The van der Waals surface area contributed by atoms with Crippen LogP contribution in [0.15, 0.2) is 18.2 Å². The molecule has 82 valence electrons. The van der Waals surface area contributed by atoms with Crippen molar-refractivity contribution in [1.82, 2.24) is 0 Å². The van der Waals surface area contributed by atoms with Crippen LogP contribution < -0.4 is 16.4 Å². The van der Waals surface area contributed by atoms with Gasteiger partial charge in [0.1, 0.15) is 0 Å². The van der Waals surface area contributed by atoms with Crippen molar-refractivity contribution in [3.8, 4) is 0 Å². The third kappa shape index (κ3) is 1.99. The van der Waals surface area contributed by atoms with Crippen LogP contribution in [0.5, 0.6) is 0 Å². The molecule has 4 nitrogen and oxygen atoms in total. The first kappa shape index (κ1) is 10.1. The highest BCUT2D eigenvalue weighted by Crippen LogP contribution is 2.25. The van der Waals surface area contributed by atoms with Crippen LogP contribution >= 0.6 is 0 Å². The molecule has 0 bridgehead atoms. The monoisotopic (exact) mass is 207 g/mol. The molecule has 0 aromatic heterocycles. The lowest BCUT2D eigenvalue weighted by Crippen LogP contribution is -2.43. The van der Waals surface area contributed by atoms with Gasteiger partial charge in [0.2, 0.25) is 0 Å². The van der Waals surface area contributed by atoms with Crippen molar-refractivity contribution in [3.05, 3.63) is 18.2 Å². The molecule has 15 heavy (non-hydrogen) atoms. The fourth-order valence-electron chi connectivity index (χ4n) is 1.85. The molecular weight excluding hydrogens is 190 g/mol. The second-order valence-corrected chi connectivity index (χ2v) is 3.93. The van der Waals surface area contributed by atoms with Crippen LogP contribution in [-0.2, 0) is 4.74 Å². The zero-order valence-corrected chi connectivity index (χ0v) is 8.94. The summed E-state index contributed by atoms with van der Waals surface area (Å²) in [5, 5.41) is 0. The number of anilines is 3. The van der Waals surface area contributed by atoms with E-state index in [2.05, 4.69) is 11.8 Å². The molecule has 4 N–H and O–H groups in total. The summed E-state index contributed by atoms with van der Waals surface area (Å²) in [5.74, 6) is 0. The van der Waals surface area contributed by atoms with Gasteiger partial charge in [-0.15, -0.1) is 0 Å². The summed E-state index contributed by atoms with van der Waals surface area (Å²) >= 11 is 0. The largest absolute Gasteiger partial charge is 0.397 e. The van der Waals surface area contributed by atoms with Gasteiger partial charge in [0.25, 0.3) is 0 Å². The Bertz CT molecular complexity index is 354. The Balaban J connectivity index is 2.24. The molecule has 0 radical (unpaired) electrons.